The Morgan fingerprint density at radius 2 is 1.73 bits per heavy atom. The number of thiazole rings is 1. The predicted molar refractivity (Wildman–Crippen MR) is 149 cm³/mol. The van der Waals surface area contributed by atoms with Crippen molar-refractivity contribution in [3.05, 3.63) is 114 Å². The molecule has 0 unspecified atom stereocenters. The molecule has 4 aromatic rings. The highest BCUT2D eigenvalue weighted by Crippen LogP contribution is 2.38. The van der Waals surface area contributed by atoms with Crippen molar-refractivity contribution in [1.29, 1.82) is 0 Å². The van der Waals surface area contributed by atoms with Crippen molar-refractivity contribution >= 4 is 29.1 Å². The van der Waals surface area contributed by atoms with Crippen molar-refractivity contribution in [1.82, 2.24) is 4.57 Å². The second kappa shape index (κ2) is 11.2. The maximum atomic E-state index is 13.9. The molecule has 1 atom stereocenters. The van der Waals surface area contributed by atoms with E-state index in [1.165, 1.54) is 30.9 Å². The molecule has 40 heavy (non-hydrogen) atoms. The average molecular weight is 561 g/mol. The van der Waals surface area contributed by atoms with Gasteiger partial charge in [0.05, 0.1) is 42.7 Å². The lowest BCUT2D eigenvalue weighted by Crippen LogP contribution is -2.40. The summed E-state index contributed by atoms with van der Waals surface area (Å²) < 4.78 is 31.6. The first-order valence-corrected chi connectivity index (χ1v) is 13.2. The summed E-state index contributed by atoms with van der Waals surface area (Å²) in [6, 6.07) is 17.0. The molecule has 204 valence electrons. The minimum Gasteiger partial charge on any atom is -0.502 e. The lowest BCUT2D eigenvalue weighted by atomic mass is 9.93. The van der Waals surface area contributed by atoms with Gasteiger partial charge in [0.2, 0.25) is 5.75 Å². The van der Waals surface area contributed by atoms with E-state index >= 15 is 0 Å². The normalized spacial score (nSPS) is 14.9. The number of carbonyl (C=O) groups is 1. The fourth-order valence-corrected chi connectivity index (χ4v) is 5.55. The van der Waals surface area contributed by atoms with E-state index in [1.54, 1.807) is 37.3 Å². The Balaban J connectivity index is 1.81. The summed E-state index contributed by atoms with van der Waals surface area (Å²) in [7, 11) is 2.83. The van der Waals surface area contributed by atoms with E-state index in [0.29, 0.717) is 31.7 Å². The maximum Gasteiger partial charge on any atom is 0.338 e. The first kappa shape index (κ1) is 26.9. The van der Waals surface area contributed by atoms with Crippen LogP contribution in [0.4, 0.5) is 4.39 Å². The number of hydrogen-bond acceptors (Lipinski definition) is 8. The molecule has 0 aliphatic carbocycles. The Labute approximate surface area is 232 Å². The Morgan fingerprint density at radius 1 is 1.07 bits per heavy atom. The molecule has 5 rings (SSSR count). The number of halogens is 1. The zero-order valence-electron chi connectivity index (χ0n) is 21.9. The summed E-state index contributed by atoms with van der Waals surface area (Å²) >= 11 is 1.14. The highest BCUT2D eigenvalue weighted by atomic mass is 32.1. The van der Waals surface area contributed by atoms with Gasteiger partial charge >= 0.3 is 5.97 Å². The standard InChI is InChI=1S/C30H25FN2O6S/c1-4-39-29(36)24-25(18-8-6-5-7-9-18)32-30-33(26(24)19-10-12-20(31)13-11-19)28(35)23(40-30)16-17-14-21(37-2)27(34)22(15-17)38-3/h5-16,26,34H,4H2,1-3H3/b23-16+/t26-/m0/s1. The molecule has 1 N–H and O–H groups in total. The molecule has 0 saturated heterocycles. The molecule has 1 aromatic heterocycles. The van der Waals surface area contributed by atoms with E-state index in [0.717, 1.165) is 11.3 Å². The quantitative estimate of drug-likeness (QED) is 0.346. The highest BCUT2D eigenvalue weighted by molar-refractivity contribution is 7.07. The van der Waals surface area contributed by atoms with Crippen molar-refractivity contribution in [3.63, 3.8) is 0 Å². The molecule has 2 heterocycles. The molecule has 1 aliphatic rings. The zero-order chi connectivity index (χ0) is 28.4. The van der Waals surface area contributed by atoms with Crippen molar-refractivity contribution < 1.29 is 28.5 Å². The number of aromatic hydroxyl groups is 1. The molecule has 0 amide bonds. The molecule has 1 aliphatic heterocycles. The molecular weight excluding hydrogens is 535 g/mol. The number of rotatable bonds is 7. The van der Waals surface area contributed by atoms with Gasteiger partial charge in [-0.05, 0) is 48.4 Å². The number of hydrogen-bond donors (Lipinski definition) is 1. The monoisotopic (exact) mass is 560 g/mol. The Bertz CT molecular complexity index is 1770. The number of phenols is 1. The molecule has 3 aromatic carbocycles. The van der Waals surface area contributed by atoms with Gasteiger partial charge in [-0.1, -0.05) is 53.8 Å². The third kappa shape index (κ3) is 4.89. The third-order valence-electron chi connectivity index (χ3n) is 6.36. The molecule has 0 radical (unpaired) electrons. The van der Waals surface area contributed by atoms with Gasteiger partial charge in [0.25, 0.3) is 5.56 Å². The van der Waals surface area contributed by atoms with Gasteiger partial charge < -0.3 is 19.3 Å². The van der Waals surface area contributed by atoms with Crippen molar-refractivity contribution in [2.75, 3.05) is 20.8 Å². The smallest absolute Gasteiger partial charge is 0.338 e. The van der Waals surface area contributed by atoms with Crippen molar-refractivity contribution in [2.24, 2.45) is 4.99 Å². The number of fused-ring (bicyclic) bond motifs is 1. The summed E-state index contributed by atoms with van der Waals surface area (Å²) in [5.74, 6) is -0.874. The molecule has 0 saturated carbocycles. The molecule has 8 nitrogen and oxygen atoms in total. The number of carbonyl (C=O) groups excluding carboxylic acids is 1. The van der Waals surface area contributed by atoms with Gasteiger partial charge in [-0.25, -0.2) is 14.2 Å². The Kier molecular flexibility index (Phi) is 7.52. The van der Waals surface area contributed by atoms with E-state index in [9.17, 15) is 19.1 Å². The highest BCUT2D eigenvalue weighted by Gasteiger charge is 2.35. The van der Waals surface area contributed by atoms with E-state index < -0.39 is 23.4 Å². The van der Waals surface area contributed by atoms with Crippen LogP contribution in [-0.4, -0.2) is 36.5 Å². The second-order valence-electron chi connectivity index (χ2n) is 8.76. The van der Waals surface area contributed by atoms with Gasteiger partial charge in [0.1, 0.15) is 5.82 Å². The fourth-order valence-electron chi connectivity index (χ4n) is 4.55. The Hall–Kier alpha value is -4.70. The molecular formula is C30H25FN2O6S. The van der Waals surface area contributed by atoms with Crippen LogP contribution >= 0.6 is 11.3 Å². The van der Waals surface area contributed by atoms with E-state index in [4.69, 9.17) is 19.2 Å². The van der Waals surface area contributed by atoms with Gasteiger partial charge in [-0.2, -0.15) is 0 Å². The van der Waals surface area contributed by atoms with Crippen molar-refractivity contribution in [3.8, 4) is 17.2 Å². The van der Waals surface area contributed by atoms with Gasteiger partial charge in [-0.3, -0.25) is 9.36 Å². The average Bonchev–Trinajstić information content (AvgIpc) is 3.28. The van der Waals surface area contributed by atoms with Crippen LogP contribution in [-0.2, 0) is 9.53 Å². The number of ether oxygens (including phenoxy) is 3. The second-order valence-corrected chi connectivity index (χ2v) is 9.77. The Morgan fingerprint density at radius 3 is 2.33 bits per heavy atom. The van der Waals surface area contributed by atoms with Crippen LogP contribution in [0.3, 0.4) is 0 Å². The number of esters is 1. The fraction of sp³-hybridized carbons (Fsp3) is 0.167. The lowest BCUT2D eigenvalue weighted by molar-refractivity contribution is -0.138. The van der Waals surface area contributed by atoms with Crippen LogP contribution in [0, 0.1) is 5.82 Å². The summed E-state index contributed by atoms with van der Waals surface area (Å²) in [4.78, 5) is 32.5. The summed E-state index contributed by atoms with van der Waals surface area (Å²) in [6.07, 6.45) is 1.63. The molecule has 10 heteroatoms. The van der Waals surface area contributed by atoms with Crippen LogP contribution in [0.15, 0.2) is 82.1 Å². The summed E-state index contributed by atoms with van der Waals surface area (Å²) in [5.41, 5.74) is 1.87. The van der Waals surface area contributed by atoms with Gasteiger partial charge in [-0.15, -0.1) is 0 Å². The number of phenolic OH excluding ortho intramolecular Hbond substituents is 1. The van der Waals surface area contributed by atoms with Crippen LogP contribution in [0.2, 0.25) is 0 Å². The van der Waals surface area contributed by atoms with E-state index in [2.05, 4.69) is 0 Å². The number of nitrogens with zero attached hydrogens (tertiary/aromatic N) is 2. The minimum absolute atomic E-state index is 0.121. The van der Waals surface area contributed by atoms with E-state index in [1.807, 2.05) is 30.3 Å². The SMILES string of the molecule is CCOC(=O)C1=C(c2ccccc2)N=c2s/c(=C/c3cc(OC)c(O)c(OC)c3)c(=O)n2[C@H]1c1ccc(F)cc1. The summed E-state index contributed by atoms with van der Waals surface area (Å²) in [5, 5.41) is 10.3. The lowest BCUT2D eigenvalue weighted by Gasteiger charge is -2.25. The number of benzene rings is 3. The predicted octanol–water partition coefficient (Wildman–Crippen LogP) is 3.80. The first-order chi connectivity index (χ1) is 19.4. The maximum absolute atomic E-state index is 13.9. The molecule has 0 spiro atoms. The third-order valence-corrected chi connectivity index (χ3v) is 7.34. The zero-order valence-corrected chi connectivity index (χ0v) is 22.7. The van der Waals surface area contributed by atoms with Crippen LogP contribution in [0.25, 0.3) is 11.8 Å². The molecule has 0 bridgehead atoms. The van der Waals surface area contributed by atoms with Gasteiger partial charge in [0.15, 0.2) is 16.3 Å². The largest absolute Gasteiger partial charge is 0.502 e. The number of aromatic nitrogens is 1. The molecule has 0 fully saturated rings. The summed E-state index contributed by atoms with van der Waals surface area (Å²) in [6.45, 7) is 1.82. The van der Waals surface area contributed by atoms with Crippen LogP contribution in [0.1, 0.15) is 29.7 Å². The topological polar surface area (TPSA) is 99.4 Å². The van der Waals surface area contributed by atoms with Crippen molar-refractivity contribution in [2.45, 2.75) is 13.0 Å². The van der Waals surface area contributed by atoms with Gasteiger partial charge in [0, 0.05) is 5.56 Å². The minimum atomic E-state index is -0.919. The first-order valence-electron chi connectivity index (χ1n) is 12.3. The van der Waals surface area contributed by atoms with Crippen LogP contribution < -0.4 is 24.4 Å². The van der Waals surface area contributed by atoms with Crippen LogP contribution in [0.5, 0.6) is 17.2 Å². The van der Waals surface area contributed by atoms with E-state index in [-0.39, 0.29) is 29.4 Å². The number of methoxy groups -OCH3 is 2.